The molecule has 10 heteroatoms. The van der Waals surface area contributed by atoms with E-state index in [1.54, 1.807) is 7.05 Å². The zero-order valence-corrected chi connectivity index (χ0v) is 12.1. The van der Waals surface area contributed by atoms with Crippen LogP contribution in [0.4, 0.5) is 35.1 Å². The second kappa shape index (κ2) is 6.10. The standard InChI is InChI=1S/C12H18F8NO/c1-8(21(2)5-3-4-6-21)22-7-10(15,16)12(19,20)11(17,18)9(13)14/h8-9H,3-7H2,1-2H3/q+1. The van der Waals surface area contributed by atoms with Gasteiger partial charge in [0.2, 0.25) is 0 Å². The van der Waals surface area contributed by atoms with Gasteiger partial charge in [0.15, 0.2) is 6.23 Å². The monoisotopic (exact) mass is 344 g/mol. The molecule has 22 heavy (non-hydrogen) atoms. The molecule has 1 atom stereocenters. The minimum atomic E-state index is -6.21. The minimum Gasteiger partial charge on any atom is -0.323 e. The summed E-state index contributed by atoms with van der Waals surface area (Å²) >= 11 is 0. The molecule has 2 nitrogen and oxygen atoms in total. The molecule has 0 N–H and O–H groups in total. The molecular formula is C12H18F8NO+. The van der Waals surface area contributed by atoms with Crippen molar-refractivity contribution in [2.24, 2.45) is 0 Å². The molecule has 1 aliphatic heterocycles. The topological polar surface area (TPSA) is 9.23 Å². The number of hydrogen-bond donors (Lipinski definition) is 0. The maximum absolute atomic E-state index is 13.3. The van der Waals surface area contributed by atoms with Gasteiger partial charge in [0.1, 0.15) is 6.61 Å². The molecule has 132 valence electrons. The Kier molecular flexibility index (Phi) is 5.38. The van der Waals surface area contributed by atoms with Crippen LogP contribution in [0.25, 0.3) is 0 Å². The first kappa shape index (κ1) is 19.4. The number of quaternary nitrogens is 1. The highest BCUT2D eigenvalue weighted by molar-refractivity contribution is 4.97. The van der Waals surface area contributed by atoms with E-state index in [1.807, 2.05) is 0 Å². The maximum Gasteiger partial charge on any atom is 0.380 e. The van der Waals surface area contributed by atoms with Crippen LogP contribution >= 0.6 is 0 Å². The number of ether oxygens (including phenoxy) is 1. The van der Waals surface area contributed by atoms with E-state index in [2.05, 4.69) is 4.74 Å². The zero-order valence-electron chi connectivity index (χ0n) is 12.1. The quantitative estimate of drug-likeness (QED) is 0.505. The summed E-state index contributed by atoms with van der Waals surface area (Å²) < 4.78 is 107. The van der Waals surface area contributed by atoms with Crippen molar-refractivity contribution in [3.05, 3.63) is 0 Å². The minimum absolute atomic E-state index is 0.174. The Morgan fingerprint density at radius 3 is 1.86 bits per heavy atom. The molecule has 1 rings (SSSR count). The summed E-state index contributed by atoms with van der Waals surface area (Å²) in [7, 11) is 1.65. The Labute approximate surface area is 122 Å². The van der Waals surface area contributed by atoms with Crippen molar-refractivity contribution in [1.29, 1.82) is 0 Å². The fourth-order valence-electron chi connectivity index (χ4n) is 2.30. The summed E-state index contributed by atoms with van der Waals surface area (Å²) in [6.45, 7) is 0.425. The third-order valence-corrected chi connectivity index (χ3v) is 4.12. The average molecular weight is 344 g/mol. The summed E-state index contributed by atoms with van der Waals surface area (Å²) in [6, 6.07) is 0. The van der Waals surface area contributed by atoms with E-state index < -0.39 is 37.0 Å². The van der Waals surface area contributed by atoms with Crippen LogP contribution in [0.15, 0.2) is 0 Å². The van der Waals surface area contributed by atoms with E-state index in [0.717, 1.165) is 12.8 Å². The molecule has 0 spiro atoms. The maximum atomic E-state index is 13.3. The first-order valence-corrected chi connectivity index (χ1v) is 6.65. The van der Waals surface area contributed by atoms with E-state index >= 15 is 0 Å². The van der Waals surface area contributed by atoms with Crippen LogP contribution in [0.2, 0.25) is 0 Å². The predicted molar refractivity (Wildman–Crippen MR) is 61.4 cm³/mol. The molecule has 1 fully saturated rings. The number of hydrogen-bond acceptors (Lipinski definition) is 1. The fraction of sp³-hybridized carbons (Fsp3) is 1.00. The summed E-state index contributed by atoms with van der Waals surface area (Å²) in [6.07, 6.45) is -4.27. The van der Waals surface area contributed by atoms with Crippen molar-refractivity contribution in [1.82, 2.24) is 0 Å². The molecule has 0 radical (unpaired) electrons. The van der Waals surface area contributed by atoms with Gasteiger partial charge in [-0.3, -0.25) is 0 Å². The number of alkyl halides is 8. The van der Waals surface area contributed by atoms with Crippen LogP contribution in [0.5, 0.6) is 0 Å². The molecule has 0 aromatic rings. The molecule has 0 saturated carbocycles. The van der Waals surface area contributed by atoms with Gasteiger partial charge in [-0.05, 0) is 0 Å². The Bertz CT molecular complexity index is 381. The number of nitrogens with zero attached hydrogens (tertiary/aromatic N) is 1. The second-order valence-corrected chi connectivity index (χ2v) is 5.75. The van der Waals surface area contributed by atoms with Gasteiger partial charge in [-0.1, -0.05) is 0 Å². The van der Waals surface area contributed by atoms with Gasteiger partial charge in [0.05, 0.1) is 20.1 Å². The molecule has 0 aliphatic carbocycles. The largest absolute Gasteiger partial charge is 0.380 e. The van der Waals surface area contributed by atoms with Gasteiger partial charge in [-0.25, -0.2) is 8.78 Å². The average Bonchev–Trinajstić information content (AvgIpc) is 2.83. The Morgan fingerprint density at radius 2 is 1.45 bits per heavy atom. The van der Waals surface area contributed by atoms with Crippen molar-refractivity contribution >= 4 is 0 Å². The van der Waals surface area contributed by atoms with E-state index in [9.17, 15) is 35.1 Å². The van der Waals surface area contributed by atoms with Gasteiger partial charge >= 0.3 is 24.2 Å². The van der Waals surface area contributed by atoms with Crippen LogP contribution in [0.3, 0.4) is 0 Å². The molecule has 0 amide bonds. The summed E-state index contributed by atoms with van der Waals surface area (Å²) in [5, 5.41) is 0. The van der Waals surface area contributed by atoms with E-state index in [1.165, 1.54) is 6.92 Å². The molecule has 1 unspecified atom stereocenters. The van der Waals surface area contributed by atoms with Gasteiger partial charge in [0.25, 0.3) is 0 Å². The smallest absolute Gasteiger partial charge is 0.323 e. The number of likely N-dealkylation sites (tertiary alicyclic amines) is 1. The van der Waals surface area contributed by atoms with Crippen molar-refractivity contribution < 1.29 is 44.3 Å². The molecule has 1 saturated heterocycles. The second-order valence-electron chi connectivity index (χ2n) is 5.75. The third-order valence-electron chi connectivity index (χ3n) is 4.12. The zero-order chi connectivity index (χ0) is 17.4. The number of rotatable bonds is 7. The van der Waals surface area contributed by atoms with Crippen LogP contribution in [-0.2, 0) is 4.74 Å². The molecule has 0 aromatic heterocycles. The summed E-state index contributed by atoms with van der Waals surface area (Å²) in [4.78, 5) is 0. The van der Waals surface area contributed by atoms with Gasteiger partial charge in [-0.2, -0.15) is 26.3 Å². The lowest BCUT2D eigenvalue weighted by atomic mass is 10.1. The van der Waals surface area contributed by atoms with Crippen LogP contribution in [0, 0.1) is 0 Å². The lowest BCUT2D eigenvalue weighted by Gasteiger charge is -2.37. The van der Waals surface area contributed by atoms with Crippen molar-refractivity contribution in [3.63, 3.8) is 0 Å². The predicted octanol–water partition coefficient (Wildman–Crippen LogP) is 3.76. The van der Waals surface area contributed by atoms with Crippen LogP contribution in [-0.4, -0.2) is 61.6 Å². The van der Waals surface area contributed by atoms with Gasteiger partial charge in [0, 0.05) is 19.8 Å². The normalized spacial score (nSPS) is 21.4. The summed E-state index contributed by atoms with van der Waals surface area (Å²) in [5.41, 5.74) is 0. The Morgan fingerprint density at radius 1 is 1.00 bits per heavy atom. The van der Waals surface area contributed by atoms with Gasteiger partial charge in [-0.15, -0.1) is 0 Å². The van der Waals surface area contributed by atoms with E-state index in [4.69, 9.17) is 0 Å². The van der Waals surface area contributed by atoms with Crippen molar-refractivity contribution in [3.8, 4) is 0 Å². The fourth-order valence-corrected chi connectivity index (χ4v) is 2.30. The lowest BCUT2D eigenvalue weighted by molar-refractivity contribution is -0.942. The Balaban J connectivity index is 2.78. The van der Waals surface area contributed by atoms with Gasteiger partial charge < -0.3 is 9.22 Å². The van der Waals surface area contributed by atoms with Crippen molar-refractivity contribution in [2.45, 2.75) is 50.2 Å². The van der Waals surface area contributed by atoms with Crippen molar-refractivity contribution in [2.75, 3.05) is 26.7 Å². The number of halogens is 8. The highest BCUT2D eigenvalue weighted by Gasteiger charge is 2.75. The first-order valence-electron chi connectivity index (χ1n) is 6.65. The summed E-state index contributed by atoms with van der Waals surface area (Å²) in [5.74, 6) is -17.8. The molecule has 0 aromatic carbocycles. The lowest BCUT2D eigenvalue weighted by Crippen LogP contribution is -2.60. The van der Waals surface area contributed by atoms with E-state index in [-0.39, 0.29) is 4.48 Å². The molecule has 0 bridgehead atoms. The van der Waals surface area contributed by atoms with E-state index in [0.29, 0.717) is 13.1 Å². The molecule has 1 aliphatic rings. The highest BCUT2D eigenvalue weighted by atomic mass is 19.4. The highest BCUT2D eigenvalue weighted by Crippen LogP contribution is 2.48. The third kappa shape index (κ3) is 3.32. The van der Waals surface area contributed by atoms with Crippen LogP contribution in [0.1, 0.15) is 19.8 Å². The Hall–Kier alpha value is -0.640. The SMILES string of the molecule is CC(OCC(F)(F)C(F)(F)C(F)(F)C(F)F)[N+]1(C)CCCC1. The van der Waals surface area contributed by atoms with Crippen LogP contribution < -0.4 is 0 Å². The molecular weight excluding hydrogens is 326 g/mol. The first-order chi connectivity index (χ1) is 9.78. The molecule has 1 heterocycles.